The van der Waals surface area contributed by atoms with Gasteiger partial charge in [0.2, 0.25) is 0 Å². The third-order valence-electron chi connectivity index (χ3n) is 4.48. The smallest absolute Gasteiger partial charge is 0.176 e. The maximum absolute atomic E-state index is 12.5. The molecule has 144 valence electrons. The van der Waals surface area contributed by atoms with Crippen LogP contribution in [0.3, 0.4) is 0 Å². The Kier molecular flexibility index (Phi) is 5.80. The molecule has 0 fully saturated rings. The van der Waals surface area contributed by atoms with E-state index in [1.165, 1.54) is 6.92 Å². The van der Waals surface area contributed by atoms with E-state index in [-0.39, 0.29) is 10.8 Å². The number of ether oxygens (including phenoxy) is 2. The molecule has 2 N–H and O–H groups in total. The van der Waals surface area contributed by atoms with Crippen molar-refractivity contribution >= 4 is 23.0 Å². The number of benzene rings is 2. The van der Waals surface area contributed by atoms with Crippen molar-refractivity contribution in [1.82, 2.24) is 4.57 Å². The standard InChI is InChI=1S/C22H22N2O3S/c1-14-19(15(2)25)24(17-9-11-18(26-3)12-10-17)20(22(23)28)21(14)27-13-16-7-5-4-6-8-16/h4-12H,13H2,1-3H3,(H2,23,28). The first-order valence-corrected chi connectivity index (χ1v) is 9.22. The summed E-state index contributed by atoms with van der Waals surface area (Å²) in [4.78, 5) is 12.6. The number of methoxy groups -OCH3 is 1. The summed E-state index contributed by atoms with van der Waals surface area (Å²) in [6, 6.07) is 17.1. The summed E-state index contributed by atoms with van der Waals surface area (Å²) < 4.78 is 13.1. The van der Waals surface area contributed by atoms with Crippen molar-refractivity contribution in [3.8, 4) is 17.2 Å². The van der Waals surface area contributed by atoms with Gasteiger partial charge in [-0.25, -0.2) is 0 Å². The molecule has 0 aliphatic heterocycles. The number of hydrogen-bond donors (Lipinski definition) is 1. The second kappa shape index (κ2) is 8.27. The summed E-state index contributed by atoms with van der Waals surface area (Å²) in [5, 5.41) is 0. The minimum atomic E-state index is -0.0969. The molecule has 1 heterocycles. The second-order valence-electron chi connectivity index (χ2n) is 6.38. The van der Waals surface area contributed by atoms with E-state index in [1.807, 2.05) is 61.5 Å². The molecule has 6 heteroatoms. The maximum atomic E-state index is 12.5. The highest BCUT2D eigenvalue weighted by Gasteiger charge is 2.26. The molecule has 3 rings (SSSR count). The monoisotopic (exact) mass is 394 g/mol. The Hall–Kier alpha value is -3.12. The molecule has 0 bridgehead atoms. The lowest BCUT2D eigenvalue weighted by Crippen LogP contribution is -2.18. The van der Waals surface area contributed by atoms with Crippen molar-refractivity contribution in [3.05, 3.63) is 77.1 Å². The van der Waals surface area contributed by atoms with Gasteiger partial charge >= 0.3 is 0 Å². The summed E-state index contributed by atoms with van der Waals surface area (Å²) in [6.45, 7) is 3.72. The maximum Gasteiger partial charge on any atom is 0.176 e. The number of nitrogens with two attached hydrogens (primary N) is 1. The zero-order valence-electron chi connectivity index (χ0n) is 16.1. The van der Waals surface area contributed by atoms with Gasteiger partial charge in [0.1, 0.15) is 23.0 Å². The number of rotatable bonds is 7. The van der Waals surface area contributed by atoms with Gasteiger partial charge in [0.25, 0.3) is 0 Å². The van der Waals surface area contributed by atoms with Crippen LogP contribution in [0, 0.1) is 6.92 Å². The minimum Gasteiger partial charge on any atom is -0.497 e. The molecule has 1 aromatic heterocycles. The third kappa shape index (κ3) is 3.77. The first-order valence-electron chi connectivity index (χ1n) is 8.81. The van der Waals surface area contributed by atoms with Crippen molar-refractivity contribution in [2.24, 2.45) is 5.73 Å². The highest BCUT2D eigenvalue weighted by Crippen LogP contribution is 2.34. The molecule has 5 nitrogen and oxygen atoms in total. The van der Waals surface area contributed by atoms with E-state index in [2.05, 4.69) is 0 Å². The third-order valence-corrected chi connectivity index (χ3v) is 4.67. The molecule has 28 heavy (non-hydrogen) atoms. The van der Waals surface area contributed by atoms with Crippen LogP contribution in [0.1, 0.15) is 34.2 Å². The van der Waals surface area contributed by atoms with Crippen LogP contribution in [-0.4, -0.2) is 22.4 Å². The fourth-order valence-electron chi connectivity index (χ4n) is 3.21. The largest absolute Gasteiger partial charge is 0.497 e. The quantitative estimate of drug-likeness (QED) is 0.480. The van der Waals surface area contributed by atoms with E-state index in [1.54, 1.807) is 11.7 Å². The lowest BCUT2D eigenvalue weighted by Gasteiger charge is -2.13. The van der Waals surface area contributed by atoms with Crippen molar-refractivity contribution < 1.29 is 14.3 Å². The first-order chi connectivity index (χ1) is 13.4. The Morgan fingerprint density at radius 3 is 2.25 bits per heavy atom. The molecule has 0 unspecified atom stereocenters. The van der Waals surface area contributed by atoms with Crippen LogP contribution in [0.15, 0.2) is 54.6 Å². The van der Waals surface area contributed by atoms with Crippen LogP contribution >= 0.6 is 12.2 Å². The topological polar surface area (TPSA) is 66.5 Å². The van der Waals surface area contributed by atoms with Gasteiger partial charge in [-0.15, -0.1) is 0 Å². The second-order valence-corrected chi connectivity index (χ2v) is 6.82. The normalized spacial score (nSPS) is 10.5. The Morgan fingerprint density at radius 1 is 1.07 bits per heavy atom. The van der Waals surface area contributed by atoms with Crippen molar-refractivity contribution in [1.29, 1.82) is 0 Å². The summed E-state index contributed by atoms with van der Waals surface area (Å²) in [6.07, 6.45) is 0. The van der Waals surface area contributed by atoms with Gasteiger partial charge in [-0.2, -0.15) is 0 Å². The predicted octanol–water partition coefficient (Wildman–Crippen LogP) is 4.21. The molecule has 0 aliphatic rings. The molecule has 3 aromatic rings. The number of Topliss-reactive ketones (excluding diaryl/α,β-unsaturated/α-hetero) is 1. The highest BCUT2D eigenvalue weighted by atomic mass is 32.1. The number of carbonyl (C=O) groups excluding carboxylic acids is 1. The van der Waals surface area contributed by atoms with Gasteiger partial charge in [0, 0.05) is 18.2 Å². The fourth-order valence-corrected chi connectivity index (χ4v) is 3.39. The highest BCUT2D eigenvalue weighted by molar-refractivity contribution is 7.80. The van der Waals surface area contributed by atoms with E-state index < -0.39 is 0 Å². The molecular formula is C22H22N2O3S. The van der Waals surface area contributed by atoms with E-state index in [0.29, 0.717) is 29.3 Å². The van der Waals surface area contributed by atoms with Crippen LogP contribution in [0.4, 0.5) is 0 Å². The lowest BCUT2D eigenvalue weighted by molar-refractivity contribution is 0.101. The number of thiocarbonyl (C=S) groups is 1. The number of ketones is 1. The molecule has 0 aliphatic carbocycles. The van der Waals surface area contributed by atoms with Crippen LogP contribution in [0.5, 0.6) is 11.5 Å². The molecule has 0 amide bonds. The SMILES string of the molecule is COc1ccc(-n2c(C(C)=O)c(C)c(OCc3ccccc3)c2C(N)=S)cc1. The minimum absolute atomic E-state index is 0.0969. The van der Waals surface area contributed by atoms with Gasteiger partial charge in [-0.05, 0) is 36.8 Å². The lowest BCUT2D eigenvalue weighted by atomic mass is 10.2. The Balaban J connectivity index is 2.14. The summed E-state index contributed by atoms with van der Waals surface area (Å²) in [5.41, 5.74) is 9.54. The number of nitrogens with zero attached hydrogens (tertiary/aromatic N) is 1. The molecule has 0 spiro atoms. The van der Waals surface area contributed by atoms with Crippen LogP contribution in [0.25, 0.3) is 5.69 Å². The van der Waals surface area contributed by atoms with E-state index in [4.69, 9.17) is 27.4 Å². The average Bonchev–Trinajstić information content (AvgIpc) is 3.00. The number of aromatic nitrogens is 1. The van der Waals surface area contributed by atoms with Crippen LogP contribution in [0.2, 0.25) is 0 Å². The summed E-state index contributed by atoms with van der Waals surface area (Å²) in [5.74, 6) is 1.15. The van der Waals surface area contributed by atoms with Gasteiger partial charge in [-0.3, -0.25) is 4.79 Å². The van der Waals surface area contributed by atoms with Gasteiger partial charge < -0.3 is 19.8 Å². The van der Waals surface area contributed by atoms with Crippen molar-refractivity contribution in [2.45, 2.75) is 20.5 Å². The number of hydrogen-bond acceptors (Lipinski definition) is 4. The van der Waals surface area contributed by atoms with Crippen LogP contribution < -0.4 is 15.2 Å². The fraction of sp³-hybridized carbons (Fsp3) is 0.182. The molecule has 0 atom stereocenters. The van der Waals surface area contributed by atoms with Gasteiger partial charge in [-0.1, -0.05) is 42.5 Å². The summed E-state index contributed by atoms with van der Waals surface area (Å²) in [7, 11) is 1.60. The number of carbonyl (C=O) groups is 1. The van der Waals surface area contributed by atoms with Crippen molar-refractivity contribution in [2.75, 3.05) is 7.11 Å². The Bertz CT molecular complexity index is 1010. The van der Waals surface area contributed by atoms with Crippen molar-refractivity contribution in [3.63, 3.8) is 0 Å². The van der Waals surface area contributed by atoms with Gasteiger partial charge in [0.05, 0.1) is 12.8 Å². The summed E-state index contributed by atoms with van der Waals surface area (Å²) >= 11 is 5.32. The molecule has 2 aromatic carbocycles. The first kappa shape index (κ1) is 19.6. The molecular weight excluding hydrogens is 372 g/mol. The zero-order valence-corrected chi connectivity index (χ0v) is 16.9. The Morgan fingerprint density at radius 2 is 1.71 bits per heavy atom. The van der Waals surface area contributed by atoms with E-state index in [0.717, 1.165) is 17.0 Å². The van der Waals surface area contributed by atoms with E-state index >= 15 is 0 Å². The van der Waals surface area contributed by atoms with Gasteiger partial charge in [0.15, 0.2) is 11.5 Å². The molecule has 0 saturated heterocycles. The molecule has 0 saturated carbocycles. The predicted molar refractivity (Wildman–Crippen MR) is 114 cm³/mol. The molecule has 0 radical (unpaired) electrons. The zero-order chi connectivity index (χ0) is 20.3. The average molecular weight is 394 g/mol. The Labute approximate surface area is 169 Å². The van der Waals surface area contributed by atoms with E-state index in [9.17, 15) is 4.79 Å². The van der Waals surface area contributed by atoms with Crippen LogP contribution in [-0.2, 0) is 6.61 Å².